The van der Waals surface area contributed by atoms with E-state index in [9.17, 15) is 18.5 Å². The first-order valence-corrected chi connectivity index (χ1v) is 9.85. The molecule has 2 aromatic carbocycles. The van der Waals surface area contributed by atoms with Crippen molar-refractivity contribution in [3.63, 3.8) is 0 Å². The van der Waals surface area contributed by atoms with Gasteiger partial charge in [-0.15, -0.1) is 0 Å². The summed E-state index contributed by atoms with van der Waals surface area (Å²) in [6, 6.07) is 11.1. The lowest BCUT2D eigenvalue weighted by Crippen LogP contribution is -2.09. The Balaban J connectivity index is 1.85. The van der Waals surface area contributed by atoms with Crippen molar-refractivity contribution in [1.29, 1.82) is 0 Å². The Morgan fingerprint density at radius 2 is 1.89 bits per heavy atom. The topological polar surface area (TPSA) is 120 Å². The highest BCUT2D eigenvalue weighted by molar-refractivity contribution is 7.90. The Labute approximate surface area is 155 Å². The van der Waals surface area contributed by atoms with E-state index in [1.807, 2.05) is 31.2 Å². The average Bonchev–Trinajstić information content (AvgIpc) is 3.15. The average molecular weight is 387 g/mol. The number of benzene rings is 2. The maximum atomic E-state index is 11.6. The minimum Gasteiger partial charge on any atom is -0.373 e. The van der Waals surface area contributed by atoms with Gasteiger partial charge in [0.05, 0.1) is 15.5 Å². The molecule has 0 saturated heterocycles. The lowest BCUT2D eigenvalue weighted by Gasteiger charge is -2.16. The fourth-order valence-corrected chi connectivity index (χ4v) is 3.23. The van der Waals surface area contributed by atoms with Crippen LogP contribution in [0.15, 0.2) is 60.0 Å². The molecule has 0 spiro atoms. The van der Waals surface area contributed by atoms with Gasteiger partial charge in [0.1, 0.15) is 18.3 Å². The van der Waals surface area contributed by atoms with Crippen LogP contribution in [0.3, 0.4) is 0 Å². The van der Waals surface area contributed by atoms with Crippen molar-refractivity contribution >= 4 is 21.2 Å². The number of nitro groups is 1. The van der Waals surface area contributed by atoms with E-state index in [0.29, 0.717) is 0 Å². The molecule has 140 valence electrons. The lowest BCUT2D eigenvalue weighted by molar-refractivity contribution is -0.384. The second kappa shape index (κ2) is 7.16. The van der Waals surface area contributed by atoms with Crippen molar-refractivity contribution in [1.82, 2.24) is 14.8 Å². The molecule has 27 heavy (non-hydrogen) atoms. The minimum absolute atomic E-state index is 0.0930. The summed E-state index contributed by atoms with van der Waals surface area (Å²) < 4.78 is 24.9. The summed E-state index contributed by atoms with van der Waals surface area (Å²) in [7, 11) is -3.53. The zero-order valence-electron chi connectivity index (χ0n) is 14.6. The maximum Gasteiger partial charge on any atom is 0.293 e. The predicted molar refractivity (Wildman–Crippen MR) is 99.6 cm³/mol. The third-order valence-corrected chi connectivity index (χ3v) is 5.15. The third kappa shape index (κ3) is 4.11. The molecule has 10 heteroatoms. The van der Waals surface area contributed by atoms with Crippen LogP contribution in [-0.2, 0) is 9.84 Å². The summed E-state index contributed by atoms with van der Waals surface area (Å²) >= 11 is 0. The monoisotopic (exact) mass is 387 g/mol. The largest absolute Gasteiger partial charge is 0.373 e. The number of aromatic nitrogens is 3. The zero-order valence-corrected chi connectivity index (χ0v) is 15.4. The molecule has 1 atom stereocenters. The minimum atomic E-state index is -3.53. The molecule has 1 unspecified atom stereocenters. The Hall–Kier alpha value is -3.27. The van der Waals surface area contributed by atoms with Gasteiger partial charge in [-0.05, 0) is 36.8 Å². The quantitative estimate of drug-likeness (QED) is 0.510. The van der Waals surface area contributed by atoms with Crippen molar-refractivity contribution < 1.29 is 13.3 Å². The Kier molecular flexibility index (Phi) is 4.91. The molecule has 0 bridgehead atoms. The fourth-order valence-electron chi connectivity index (χ4n) is 2.59. The fraction of sp³-hybridized carbons (Fsp3) is 0.176. The summed E-state index contributed by atoms with van der Waals surface area (Å²) in [5.41, 5.74) is 1.71. The number of anilines is 1. The molecular formula is C17H17N5O4S. The van der Waals surface area contributed by atoms with Gasteiger partial charge in [0.15, 0.2) is 9.84 Å². The van der Waals surface area contributed by atoms with Gasteiger partial charge in [-0.25, -0.2) is 18.1 Å². The third-order valence-electron chi connectivity index (χ3n) is 4.04. The van der Waals surface area contributed by atoms with Crippen LogP contribution in [-0.4, -0.2) is 34.4 Å². The van der Waals surface area contributed by atoms with Gasteiger partial charge < -0.3 is 5.32 Å². The Bertz CT molecular complexity index is 1060. The van der Waals surface area contributed by atoms with Gasteiger partial charge >= 0.3 is 0 Å². The summed E-state index contributed by atoms with van der Waals surface area (Å²) in [6.07, 6.45) is 4.04. The van der Waals surface area contributed by atoms with Crippen molar-refractivity contribution in [2.24, 2.45) is 0 Å². The molecular weight excluding hydrogens is 370 g/mol. The number of sulfone groups is 1. The van der Waals surface area contributed by atoms with Crippen molar-refractivity contribution in [2.75, 3.05) is 11.6 Å². The molecule has 9 nitrogen and oxygen atoms in total. The smallest absolute Gasteiger partial charge is 0.293 e. The summed E-state index contributed by atoms with van der Waals surface area (Å²) in [6.45, 7) is 1.86. The van der Waals surface area contributed by atoms with Gasteiger partial charge in [0, 0.05) is 18.4 Å². The van der Waals surface area contributed by atoms with E-state index in [1.165, 1.54) is 18.5 Å². The standard InChI is InChI=1S/C17H17N5O4S/c1-12(13-3-5-14(6-4-13)21-11-18-10-19-21)20-16-8-7-15(27(2,25)26)9-17(16)22(23)24/h3-12,20H,1-2H3. The number of hydrogen-bond acceptors (Lipinski definition) is 7. The number of hydrogen-bond donors (Lipinski definition) is 1. The van der Waals surface area contributed by atoms with Gasteiger partial charge in [-0.1, -0.05) is 12.1 Å². The van der Waals surface area contributed by atoms with E-state index in [2.05, 4.69) is 15.4 Å². The molecule has 1 N–H and O–H groups in total. The first-order valence-electron chi connectivity index (χ1n) is 7.95. The molecule has 0 amide bonds. The van der Waals surface area contributed by atoms with Gasteiger partial charge in [0.25, 0.3) is 5.69 Å². The van der Waals surface area contributed by atoms with Gasteiger partial charge in [0.2, 0.25) is 0 Å². The molecule has 0 radical (unpaired) electrons. The summed E-state index contributed by atoms with van der Waals surface area (Å²) in [5.74, 6) is 0. The Morgan fingerprint density at radius 3 is 2.44 bits per heavy atom. The van der Waals surface area contributed by atoms with Crippen LogP contribution < -0.4 is 5.32 Å². The predicted octanol–water partition coefficient (Wildman–Crippen LogP) is 2.75. The van der Waals surface area contributed by atoms with Crippen molar-refractivity contribution in [3.05, 3.63) is 70.8 Å². The molecule has 1 aromatic heterocycles. The van der Waals surface area contributed by atoms with Crippen LogP contribution in [0.1, 0.15) is 18.5 Å². The van der Waals surface area contributed by atoms with Crippen molar-refractivity contribution in [2.45, 2.75) is 17.9 Å². The molecule has 3 rings (SSSR count). The molecule has 1 heterocycles. The highest BCUT2D eigenvalue weighted by atomic mass is 32.2. The zero-order chi connectivity index (χ0) is 19.6. The van der Waals surface area contributed by atoms with Gasteiger partial charge in [-0.2, -0.15) is 5.10 Å². The molecule has 0 fully saturated rings. The number of rotatable bonds is 6. The van der Waals surface area contributed by atoms with E-state index >= 15 is 0 Å². The van der Waals surface area contributed by atoms with Crippen LogP contribution in [0.25, 0.3) is 5.69 Å². The second-order valence-corrected chi connectivity index (χ2v) is 8.02. The highest BCUT2D eigenvalue weighted by Gasteiger charge is 2.20. The van der Waals surface area contributed by atoms with Crippen LogP contribution in [0, 0.1) is 10.1 Å². The number of nitrogens with zero attached hydrogens (tertiary/aromatic N) is 4. The van der Waals surface area contributed by atoms with Crippen molar-refractivity contribution in [3.8, 4) is 5.69 Å². The van der Waals surface area contributed by atoms with E-state index in [-0.39, 0.29) is 22.3 Å². The molecule has 0 aliphatic rings. The molecule has 3 aromatic rings. The van der Waals surface area contributed by atoms with Crippen LogP contribution in [0.5, 0.6) is 0 Å². The van der Waals surface area contributed by atoms with Crippen LogP contribution >= 0.6 is 0 Å². The maximum absolute atomic E-state index is 11.6. The number of nitro benzene ring substituents is 1. The van der Waals surface area contributed by atoms with E-state index in [1.54, 1.807) is 11.0 Å². The number of nitrogens with one attached hydrogen (secondary N) is 1. The summed E-state index contributed by atoms with van der Waals surface area (Å²) in [5, 5.41) is 18.5. The molecule has 0 aliphatic heterocycles. The molecule has 0 aliphatic carbocycles. The second-order valence-electron chi connectivity index (χ2n) is 6.01. The highest BCUT2D eigenvalue weighted by Crippen LogP contribution is 2.30. The molecule has 0 saturated carbocycles. The van der Waals surface area contributed by atoms with Crippen LogP contribution in [0.2, 0.25) is 0 Å². The normalized spacial score (nSPS) is 12.5. The Morgan fingerprint density at radius 1 is 1.19 bits per heavy atom. The van der Waals surface area contributed by atoms with Gasteiger partial charge in [-0.3, -0.25) is 10.1 Å². The lowest BCUT2D eigenvalue weighted by atomic mass is 10.1. The van der Waals surface area contributed by atoms with E-state index in [4.69, 9.17) is 0 Å². The summed E-state index contributed by atoms with van der Waals surface area (Å²) in [4.78, 5) is 14.6. The van der Waals surface area contributed by atoms with E-state index < -0.39 is 14.8 Å². The first kappa shape index (κ1) is 18.5. The van der Waals surface area contributed by atoms with E-state index in [0.717, 1.165) is 23.6 Å². The van der Waals surface area contributed by atoms with Crippen LogP contribution in [0.4, 0.5) is 11.4 Å². The first-order chi connectivity index (χ1) is 12.8. The SMILES string of the molecule is CC(Nc1ccc(S(C)(=O)=O)cc1[N+](=O)[O-])c1ccc(-n2cncn2)cc1.